The molecule has 5 aromatic carbocycles. The number of allylic oxidation sites excluding steroid dienone is 6. The molecule has 2 aliphatic heterocycles. The number of hydrogen-bond donors (Lipinski definition) is 6. The number of aliphatic carboxylic acids is 2. The number of carbonyl (C=O) groups is 6. The Hall–Kier alpha value is -6.68. The van der Waals surface area contributed by atoms with Gasteiger partial charge in [-0.05, 0) is 104 Å². The molecule has 2 atom stereocenters. The van der Waals surface area contributed by atoms with Gasteiger partial charge >= 0.3 is 130 Å². The van der Waals surface area contributed by atoms with Crippen LogP contribution in [0.15, 0.2) is 128 Å². The molecule has 0 aromatic heterocycles. The number of carboxylic acids is 2. The van der Waals surface area contributed by atoms with Crippen molar-refractivity contribution in [2.24, 2.45) is 0 Å². The zero-order chi connectivity index (χ0) is 66.8. The number of benzene rings is 5. The number of thioether (sulfide) groups is 1. The van der Waals surface area contributed by atoms with Gasteiger partial charge in [-0.15, -0.1) is 0 Å². The van der Waals surface area contributed by atoms with Crippen LogP contribution >= 0.6 is 35.8 Å². The van der Waals surface area contributed by atoms with Gasteiger partial charge in [-0.25, -0.2) is 16.8 Å². The Morgan fingerprint density at radius 3 is 2.04 bits per heavy atom. The Labute approximate surface area is 542 Å². The Kier molecular flexibility index (Phi) is 24.3. The fourth-order valence-electron chi connectivity index (χ4n) is 11.2. The fourth-order valence-corrected chi connectivity index (χ4v) is 15.2. The van der Waals surface area contributed by atoms with Crippen LogP contribution in [0.2, 0.25) is 0 Å². The standard InChI is InChI=1S/C59H67AsN6O20S5/c1-6-65-44-23-20-38-41(29-37(90(79,80)81)30-46(38)89-86-78)55(44)58(2,3)48(65)13-9-7-10-14-49-59(4,5)54-40-27-36(88-85-77)28-47(91(82,83)84)39(40)21-24-45(54)66(49)26-12-8-11-15-50(67)63-42(57(73)74)22-25-51(68)64-43(56(72)61-31-53(70)71)32-87-33-52(69)62-35-18-16-34(17-19-35)60(75)76/h7,9-10,13-14,16-21,23-24,27-30,42-43,75-76H,6,8,11-12,15,22,25-26,31-33H2,1-5H3,(H9-,61,62,63,64,67,68,69,70,71,72,73,74,77,78,79,80,81,82,83,84)/p-5/t42-,43-/m0/s1. The van der Waals surface area contributed by atoms with E-state index in [1.165, 1.54) is 36.4 Å². The molecule has 2 heterocycles. The number of likely N-dealkylation sites (N-methyl/N-ethyl adjacent to an activating group) is 1. The van der Waals surface area contributed by atoms with Crippen LogP contribution in [0.4, 0.5) is 17.1 Å². The predicted octanol–water partition coefficient (Wildman–Crippen LogP) is 0.567. The van der Waals surface area contributed by atoms with E-state index in [2.05, 4.69) is 29.9 Å². The van der Waals surface area contributed by atoms with Crippen LogP contribution in [-0.2, 0) is 68.5 Å². The van der Waals surface area contributed by atoms with Crippen molar-refractivity contribution in [3.05, 3.63) is 120 Å². The monoisotopic (exact) mass is 1410 g/mol. The van der Waals surface area contributed by atoms with Crippen molar-refractivity contribution in [3.63, 3.8) is 0 Å². The average Bonchev–Trinajstić information content (AvgIpc) is 1.61. The van der Waals surface area contributed by atoms with Crippen molar-refractivity contribution in [2.45, 2.75) is 116 Å². The summed E-state index contributed by atoms with van der Waals surface area (Å²) in [5.41, 5.74) is 2.96. The van der Waals surface area contributed by atoms with Crippen LogP contribution in [0.1, 0.15) is 84.3 Å². The van der Waals surface area contributed by atoms with Crippen molar-refractivity contribution in [1.29, 1.82) is 0 Å². The maximum absolute atomic E-state index is 13.2. The van der Waals surface area contributed by atoms with Crippen LogP contribution in [0.3, 0.4) is 0 Å². The number of carboxylic acid groups (broad SMARTS) is 2. The second kappa shape index (κ2) is 30.8. The van der Waals surface area contributed by atoms with E-state index in [1.54, 1.807) is 30.4 Å². The summed E-state index contributed by atoms with van der Waals surface area (Å²) >= 11 is -1.48. The van der Waals surface area contributed by atoms with Gasteiger partial charge in [0.05, 0.1) is 39.7 Å². The second-order valence-electron chi connectivity index (χ2n) is 21.9. The molecule has 6 N–H and O–H groups in total. The van der Waals surface area contributed by atoms with Crippen LogP contribution in [0, 0.1) is 0 Å². The molecule has 26 nitrogen and oxygen atoms in total. The first-order chi connectivity index (χ1) is 42.9. The van der Waals surface area contributed by atoms with Crippen LogP contribution in [-0.4, -0.2) is 139 Å². The summed E-state index contributed by atoms with van der Waals surface area (Å²) in [5.74, 6) is -6.75. The van der Waals surface area contributed by atoms with Crippen molar-refractivity contribution in [1.82, 2.24) is 16.0 Å². The van der Waals surface area contributed by atoms with Crippen LogP contribution < -0.4 is 51.2 Å². The molecule has 0 bridgehead atoms. The average molecular weight is 1410 g/mol. The van der Waals surface area contributed by atoms with E-state index in [4.69, 9.17) is 0 Å². The molecule has 0 saturated carbocycles. The first-order valence-electron chi connectivity index (χ1n) is 27.9. The van der Waals surface area contributed by atoms with Gasteiger partial charge in [-0.2, -0.15) is 4.58 Å². The molecule has 0 fully saturated rings. The SMILES string of the molecule is CCN1/C(=C/C=C/C=C/C2=[N+](CCCCCC(=O)N[C@@H](CCC(=O)N[C@@H](CSCC(=O)Nc3ccc([As](O)O)cc3)C(=O)NCC(=O)[O-])C(=O)[O-])c3ccc4c(S(=O)(=O)[O-])cc(SO[O-])cc4c3C2(C)C)C(C)(C)c2c1ccc1c(SO[O-])cc(S(=O)(=O)[O-])cc21. The van der Waals surface area contributed by atoms with Gasteiger partial charge in [0.25, 0.3) is 0 Å². The van der Waals surface area contributed by atoms with E-state index in [0.717, 1.165) is 46.6 Å². The minimum Gasteiger partial charge on any atom is -0.744 e. The van der Waals surface area contributed by atoms with Gasteiger partial charge < -0.3 is 58.3 Å². The number of amides is 4. The van der Waals surface area contributed by atoms with E-state index >= 15 is 0 Å². The molecule has 2 aliphatic rings. The molecule has 32 heteroatoms. The molecule has 488 valence electrons. The predicted molar refractivity (Wildman–Crippen MR) is 330 cm³/mol. The van der Waals surface area contributed by atoms with E-state index in [1.807, 2.05) is 68.4 Å². The number of carbonyl (C=O) groups excluding carboxylic acids is 6. The Bertz CT molecular complexity index is 4010. The molecule has 0 spiro atoms. The third kappa shape index (κ3) is 17.5. The summed E-state index contributed by atoms with van der Waals surface area (Å²) in [4.78, 5) is 76.3. The summed E-state index contributed by atoms with van der Waals surface area (Å²) in [7, 11) is -10.0. The third-order valence-corrected chi connectivity index (χ3v) is 20.6. The zero-order valence-corrected chi connectivity index (χ0v) is 55.3. The maximum atomic E-state index is 13.2. The summed E-state index contributed by atoms with van der Waals surface area (Å²) in [6.45, 7) is 9.58. The molecule has 91 heavy (non-hydrogen) atoms. The minimum absolute atomic E-state index is 0.0677. The van der Waals surface area contributed by atoms with E-state index in [0.29, 0.717) is 87.5 Å². The smallest absolute Gasteiger partial charge is 0.744 e. The van der Waals surface area contributed by atoms with Crippen molar-refractivity contribution < 1.29 is 96.9 Å². The summed E-state index contributed by atoms with van der Waals surface area (Å²) in [5, 5.41) is 56.8. The van der Waals surface area contributed by atoms with Gasteiger partial charge in [0.2, 0.25) is 11.6 Å². The molecule has 7 rings (SSSR count). The van der Waals surface area contributed by atoms with Crippen LogP contribution in [0.5, 0.6) is 0 Å². The molecule has 0 radical (unpaired) electrons. The molecule has 0 unspecified atom stereocenters. The first kappa shape index (κ1) is 71.8. The number of fused-ring (bicyclic) bond motifs is 6. The Morgan fingerprint density at radius 2 is 1.41 bits per heavy atom. The molecule has 0 aliphatic carbocycles. The van der Waals surface area contributed by atoms with Gasteiger partial charge in [0.15, 0.2) is 5.71 Å². The Balaban J connectivity index is 1.05. The minimum atomic E-state index is -5.07. The fraction of sp³-hybridized carbons (Fsp3) is 0.339. The molecule has 4 amide bonds. The second-order valence-corrected chi connectivity index (χ2v) is 29.5. The van der Waals surface area contributed by atoms with Gasteiger partial charge in [-0.3, -0.25) is 9.59 Å². The number of anilines is 2. The summed E-state index contributed by atoms with van der Waals surface area (Å²) < 4.78 is 104. The normalized spacial score (nSPS) is 15.6. The van der Waals surface area contributed by atoms with Gasteiger partial charge in [0.1, 0.15) is 26.8 Å². The number of nitrogens with zero attached hydrogens (tertiary/aromatic N) is 2. The van der Waals surface area contributed by atoms with Crippen LogP contribution in [0.25, 0.3) is 21.5 Å². The molecule has 0 saturated heterocycles. The Morgan fingerprint density at radius 1 is 0.736 bits per heavy atom. The number of rotatable bonds is 31. The topological polar surface area (TPSA) is 422 Å². The summed E-state index contributed by atoms with van der Waals surface area (Å²) in [6.07, 6.45) is 9.15. The van der Waals surface area contributed by atoms with Crippen molar-refractivity contribution >= 4 is 156 Å². The van der Waals surface area contributed by atoms with E-state index in [9.17, 15) is 83.6 Å². The quantitative estimate of drug-likeness (QED) is 0.00516. The third-order valence-electron chi connectivity index (χ3n) is 15.2. The number of unbranched alkanes of at least 4 members (excludes halogenated alkanes) is 2. The van der Waals surface area contributed by atoms with Gasteiger partial charge in [-0.1, -0.05) is 38.1 Å². The number of nitrogens with one attached hydrogen (secondary N) is 4. The van der Waals surface area contributed by atoms with E-state index < -0.39 is 123 Å². The van der Waals surface area contributed by atoms with Crippen molar-refractivity contribution in [2.75, 3.05) is 41.4 Å². The molecule has 5 aromatic rings. The first-order valence-corrected chi connectivity index (χ1v) is 36.0. The number of hydrogen-bond acceptors (Lipinski definition) is 24. The molecular weight excluding hydrogens is 1350 g/mol. The zero-order valence-electron chi connectivity index (χ0n) is 49.4. The van der Waals surface area contributed by atoms with Crippen molar-refractivity contribution in [3.8, 4) is 0 Å². The van der Waals surface area contributed by atoms with Gasteiger partial charge in [0, 0.05) is 99.6 Å². The molecular formula is C59H62AsN6O20S5-5. The summed E-state index contributed by atoms with van der Waals surface area (Å²) in [6, 6.07) is 14.6. The van der Waals surface area contributed by atoms with E-state index in [-0.39, 0.29) is 39.5 Å².